The first-order valence-corrected chi connectivity index (χ1v) is 10.2. The summed E-state index contributed by atoms with van der Waals surface area (Å²) in [6, 6.07) is 2.68. The number of imide groups is 1. The average Bonchev–Trinajstić information content (AvgIpc) is 3.33. The van der Waals surface area contributed by atoms with Gasteiger partial charge in [-0.05, 0) is 44.6 Å². The normalized spacial score (nSPS) is 26.2. The van der Waals surface area contributed by atoms with E-state index in [0.29, 0.717) is 22.8 Å². The lowest BCUT2D eigenvalue weighted by molar-refractivity contribution is -0.124. The van der Waals surface area contributed by atoms with Gasteiger partial charge >= 0.3 is 0 Å². The van der Waals surface area contributed by atoms with Crippen LogP contribution >= 0.6 is 0 Å². The second-order valence-corrected chi connectivity index (χ2v) is 8.15. The number of aliphatic hydroxyl groups excluding tert-OH is 1. The Kier molecular flexibility index (Phi) is 4.46. The number of aliphatic hydroxyl groups is 1. The summed E-state index contributed by atoms with van der Waals surface area (Å²) in [5.41, 5.74) is 1.75. The van der Waals surface area contributed by atoms with Gasteiger partial charge in [0.25, 0.3) is 5.91 Å². The quantitative estimate of drug-likeness (QED) is 0.446. The zero-order valence-electron chi connectivity index (χ0n) is 16.0. The Morgan fingerprint density at radius 2 is 1.83 bits per heavy atom. The van der Waals surface area contributed by atoms with Gasteiger partial charge in [-0.3, -0.25) is 14.9 Å². The Bertz CT molecular complexity index is 1000. The largest absolute Gasteiger partial charge is 0.393 e. The van der Waals surface area contributed by atoms with Crippen LogP contribution < -0.4 is 16.0 Å². The van der Waals surface area contributed by atoms with Gasteiger partial charge in [0.15, 0.2) is 5.65 Å². The fourth-order valence-corrected chi connectivity index (χ4v) is 3.93. The molecular weight excluding hydrogens is 372 g/mol. The lowest BCUT2D eigenvalue weighted by Crippen LogP contribution is -2.28. The van der Waals surface area contributed by atoms with Gasteiger partial charge < -0.3 is 15.7 Å². The molecular formula is C20H24N6O3. The predicted molar refractivity (Wildman–Crippen MR) is 107 cm³/mol. The molecule has 0 spiro atoms. The summed E-state index contributed by atoms with van der Waals surface area (Å²) in [5.74, 6) is 0.950. The second-order valence-electron chi connectivity index (χ2n) is 8.15. The van der Waals surface area contributed by atoms with Crippen LogP contribution in [0.5, 0.6) is 0 Å². The van der Waals surface area contributed by atoms with Crippen LogP contribution in [0.15, 0.2) is 17.8 Å². The Labute approximate surface area is 167 Å². The highest BCUT2D eigenvalue weighted by Gasteiger charge is 2.26. The highest BCUT2D eigenvalue weighted by atomic mass is 16.3. The van der Waals surface area contributed by atoms with E-state index in [2.05, 4.69) is 21.0 Å². The lowest BCUT2D eigenvalue weighted by atomic mass is 9.93. The molecule has 152 valence electrons. The van der Waals surface area contributed by atoms with Crippen molar-refractivity contribution >= 4 is 35.2 Å². The number of carbonyl (C=O) groups is 2. The molecule has 5 rings (SSSR count). The number of hydrogen-bond acceptors (Lipinski definition) is 7. The van der Waals surface area contributed by atoms with Crippen molar-refractivity contribution in [2.45, 2.75) is 63.1 Å². The van der Waals surface area contributed by atoms with Crippen LogP contribution in [0.4, 0.5) is 11.6 Å². The molecule has 0 aromatic carbocycles. The molecule has 3 fully saturated rings. The summed E-state index contributed by atoms with van der Waals surface area (Å²) in [6.07, 6.45) is 8.88. The molecule has 4 N–H and O–H groups in total. The van der Waals surface area contributed by atoms with Crippen molar-refractivity contribution in [3.63, 3.8) is 0 Å². The minimum absolute atomic E-state index is 0.0751. The van der Waals surface area contributed by atoms with Crippen molar-refractivity contribution in [3.05, 3.63) is 23.4 Å². The van der Waals surface area contributed by atoms with Crippen molar-refractivity contribution in [3.8, 4) is 0 Å². The summed E-state index contributed by atoms with van der Waals surface area (Å²) < 4.78 is 1.75. The molecule has 2 amide bonds. The minimum atomic E-state index is -0.360. The molecule has 3 aliphatic rings. The number of anilines is 2. The molecule has 9 nitrogen and oxygen atoms in total. The van der Waals surface area contributed by atoms with Crippen LogP contribution in [0.1, 0.15) is 50.5 Å². The Morgan fingerprint density at radius 3 is 2.52 bits per heavy atom. The van der Waals surface area contributed by atoms with Gasteiger partial charge in [-0.2, -0.15) is 9.61 Å². The third-order valence-corrected chi connectivity index (χ3v) is 5.70. The number of amides is 2. The van der Waals surface area contributed by atoms with Crippen molar-refractivity contribution < 1.29 is 14.7 Å². The summed E-state index contributed by atoms with van der Waals surface area (Å²) >= 11 is 0. The van der Waals surface area contributed by atoms with Crippen LogP contribution in [0.25, 0.3) is 11.7 Å². The molecule has 3 heterocycles. The third kappa shape index (κ3) is 3.82. The lowest BCUT2D eigenvalue weighted by Gasteiger charge is -2.26. The molecule has 9 heteroatoms. The van der Waals surface area contributed by atoms with E-state index in [1.54, 1.807) is 16.8 Å². The highest BCUT2D eigenvalue weighted by Crippen LogP contribution is 2.29. The van der Waals surface area contributed by atoms with E-state index in [4.69, 9.17) is 4.98 Å². The van der Waals surface area contributed by atoms with E-state index < -0.39 is 0 Å². The molecule has 0 bridgehead atoms. The minimum Gasteiger partial charge on any atom is -0.393 e. The van der Waals surface area contributed by atoms with E-state index in [1.807, 2.05) is 6.07 Å². The smallest absolute Gasteiger partial charge is 0.254 e. The van der Waals surface area contributed by atoms with Crippen molar-refractivity contribution in [1.29, 1.82) is 0 Å². The van der Waals surface area contributed by atoms with Crippen molar-refractivity contribution in [2.75, 3.05) is 10.6 Å². The Hall–Kier alpha value is -2.94. The van der Waals surface area contributed by atoms with Crippen LogP contribution in [0.3, 0.4) is 0 Å². The first-order chi connectivity index (χ1) is 14.0. The SMILES string of the molecule is O=C1C/C(=C\c2cnn3c(NC4CC4)cc(NC4CCC(O)CC4)nc23)C(=O)N1. The molecule has 1 saturated heterocycles. The fraction of sp³-hybridized carbons (Fsp3) is 0.500. The topological polar surface area (TPSA) is 121 Å². The second kappa shape index (κ2) is 7.14. The summed E-state index contributed by atoms with van der Waals surface area (Å²) in [4.78, 5) is 28.2. The summed E-state index contributed by atoms with van der Waals surface area (Å²) in [6.45, 7) is 0. The number of nitrogens with zero attached hydrogens (tertiary/aromatic N) is 3. The van der Waals surface area contributed by atoms with Crippen molar-refractivity contribution in [2.24, 2.45) is 0 Å². The van der Waals surface area contributed by atoms with Crippen LogP contribution in [0.2, 0.25) is 0 Å². The molecule has 2 aliphatic carbocycles. The first kappa shape index (κ1) is 18.1. The van der Waals surface area contributed by atoms with E-state index in [0.717, 1.165) is 50.2 Å². The third-order valence-electron chi connectivity index (χ3n) is 5.70. The van der Waals surface area contributed by atoms with Gasteiger partial charge in [0.2, 0.25) is 5.91 Å². The summed E-state index contributed by atoms with van der Waals surface area (Å²) in [7, 11) is 0. The molecule has 1 aliphatic heterocycles. The maximum Gasteiger partial charge on any atom is 0.254 e. The maximum atomic E-state index is 11.9. The molecule has 2 aromatic rings. The van der Waals surface area contributed by atoms with Crippen LogP contribution in [0, 0.1) is 0 Å². The number of nitrogens with one attached hydrogen (secondary N) is 3. The van der Waals surface area contributed by atoms with Gasteiger partial charge in [0.1, 0.15) is 11.6 Å². The van der Waals surface area contributed by atoms with Gasteiger partial charge in [-0.25, -0.2) is 4.98 Å². The predicted octanol–water partition coefficient (Wildman–Crippen LogP) is 1.45. The average molecular weight is 396 g/mol. The van der Waals surface area contributed by atoms with Gasteiger partial charge in [0.05, 0.1) is 18.7 Å². The van der Waals surface area contributed by atoms with Gasteiger partial charge in [0, 0.05) is 29.3 Å². The monoisotopic (exact) mass is 396 g/mol. The van der Waals surface area contributed by atoms with Crippen molar-refractivity contribution in [1.82, 2.24) is 19.9 Å². The molecule has 0 radical (unpaired) electrons. The van der Waals surface area contributed by atoms with Gasteiger partial charge in [-0.1, -0.05) is 0 Å². The number of hydrogen-bond donors (Lipinski definition) is 4. The molecule has 0 unspecified atom stereocenters. The van der Waals surface area contributed by atoms with E-state index >= 15 is 0 Å². The number of carbonyl (C=O) groups excluding carboxylic acids is 2. The Morgan fingerprint density at radius 1 is 1.10 bits per heavy atom. The summed E-state index contributed by atoms with van der Waals surface area (Å²) in [5, 5.41) is 23.5. The fourth-order valence-electron chi connectivity index (χ4n) is 3.93. The zero-order valence-corrected chi connectivity index (χ0v) is 16.0. The zero-order chi connectivity index (χ0) is 20.0. The number of rotatable bonds is 5. The number of aromatic nitrogens is 3. The van der Waals surface area contributed by atoms with E-state index in [-0.39, 0.29) is 30.4 Å². The standard InChI is InChI=1S/C20H24N6O3/c27-15-5-3-13(4-6-15)22-16-9-17(23-14-1-2-14)26-19(24-16)12(10-21-26)7-11-8-18(28)25-20(11)29/h7,9-10,13-15,23,27H,1-6,8H2,(H,22,24)(H,25,28,29)/b11-7+. The Balaban J connectivity index is 1.49. The van der Waals surface area contributed by atoms with Crippen LogP contribution in [-0.4, -0.2) is 49.7 Å². The van der Waals surface area contributed by atoms with E-state index in [1.165, 1.54) is 0 Å². The number of fused-ring (bicyclic) bond motifs is 1. The maximum absolute atomic E-state index is 11.9. The molecule has 2 aromatic heterocycles. The van der Waals surface area contributed by atoms with Gasteiger partial charge in [-0.15, -0.1) is 0 Å². The molecule has 0 atom stereocenters. The first-order valence-electron chi connectivity index (χ1n) is 10.2. The molecule has 2 saturated carbocycles. The van der Waals surface area contributed by atoms with Crippen LogP contribution in [-0.2, 0) is 9.59 Å². The highest BCUT2D eigenvalue weighted by molar-refractivity contribution is 6.15. The van der Waals surface area contributed by atoms with E-state index in [9.17, 15) is 14.7 Å². The molecule has 29 heavy (non-hydrogen) atoms.